The number of carboxylic acids is 1. The summed E-state index contributed by atoms with van der Waals surface area (Å²) >= 11 is 0. The zero-order valence-electron chi connectivity index (χ0n) is 15.0. The Bertz CT molecular complexity index is 843. The predicted molar refractivity (Wildman–Crippen MR) is 99.6 cm³/mol. The van der Waals surface area contributed by atoms with Crippen molar-refractivity contribution in [3.8, 4) is 16.9 Å². The number of hydrogen-bond donors (Lipinski definition) is 2. The molecule has 0 aromatic heterocycles. The summed E-state index contributed by atoms with van der Waals surface area (Å²) < 4.78 is 32.3. The maximum absolute atomic E-state index is 12.5. The van der Waals surface area contributed by atoms with E-state index in [4.69, 9.17) is 4.74 Å². The molecule has 0 aliphatic carbocycles. The molecule has 0 aliphatic rings. The fourth-order valence-corrected chi connectivity index (χ4v) is 3.74. The van der Waals surface area contributed by atoms with Gasteiger partial charge in [-0.3, -0.25) is 4.79 Å². The number of methoxy groups -OCH3 is 1. The summed E-state index contributed by atoms with van der Waals surface area (Å²) in [5.41, 5.74) is 1.77. The second-order valence-electron chi connectivity index (χ2n) is 6.39. The first kappa shape index (κ1) is 19.9. The van der Waals surface area contributed by atoms with Gasteiger partial charge in [0.15, 0.2) is 0 Å². The number of aliphatic carboxylic acids is 1. The fourth-order valence-electron chi connectivity index (χ4n) is 2.54. The number of hydrogen-bond acceptors (Lipinski definition) is 4. The van der Waals surface area contributed by atoms with Crippen LogP contribution >= 0.6 is 0 Å². The number of sulfonamides is 1. The molecule has 0 saturated heterocycles. The first-order chi connectivity index (χ1) is 12.2. The van der Waals surface area contributed by atoms with Gasteiger partial charge in [0.1, 0.15) is 11.8 Å². The van der Waals surface area contributed by atoms with Gasteiger partial charge in [0.25, 0.3) is 0 Å². The first-order valence-electron chi connectivity index (χ1n) is 8.22. The molecule has 1 atom stereocenters. The van der Waals surface area contributed by atoms with Gasteiger partial charge in [0.2, 0.25) is 10.0 Å². The lowest BCUT2D eigenvalue weighted by Gasteiger charge is -2.16. The minimum Gasteiger partial charge on any atom is -0.497 e. The second kappa shape index (κ2) is 8.33. The molecule has 0 saturated carbocycles. The van der Waals surface area contributed by atoms with Crippen LogP contribution in [0.2, 0.25) is 0 Å². The molecule has 2 N–H and O–H groups in total. The topological polar surface area (TPSA) is 92.7 Å². The number of ether oxygens (including phenoxy) is 1. The second-order valence-corrected chi connectivity index (χ2v) is 8.11. The molecule has 6 nitrogen and oxygen atoms in total. The molecule has 7 heteroatoms. The van der Waals surface area contributed by atoms with Crippen molar-refractivity contribution in [1.29, 1.82) is 0 Å². The summed E-state index contributed by atoms with van der Waals surface area (Å²) in [7, 11) is -2.32. The van der Waals surface area contributed by atoms with Gasteiger partial charge in [-0.15, -0.1) is 0 Å². The van der Waals surface area contributed by atoms with Crippen LogP contribution in [0.25, 0.3) is 11.1 Å². The summed E-state index contributed by atoms with van der Waals surface area (Å²) in [4.78, 5) is 11.3. The zero-order chi connectivity index (χ0) is 19.3. The van der Waals surface area contributed by atoms with Gasteiger partial charge in [0, 0.05) is 0 Å². The summed E-state index contributed by atoms with van der Waals surface area (Å²) in [5.74, 6) is -0.393. The Morgan fingerprint density at radius 1 is 1.04 bits per heavy atom. The molecular formula is C19H23NO5S. The van der Waals surface area contributed by atoms with Crippen molar-refractivity contribution >= 4 is 16.0 Å². The van der Waals surface area contributed by atoms with Crippen LogP contribution in [-0.2, 0) is 14.8 Å². The SMILES string of the molecule is COc1ccc(-c2ccc(S(=O)(=O)N[C@@H](CC(C)C)C(=O)O)cc2)cc1. The quantitative estimate of drug-likeness (QED) is 0.737. The molecule has 2 aromatic carbocycles. The van der Waals surface area contributed by atoms with E-state index in [1.165, 1.54) is 12.1 Å². The highest BCUT2D eigenvalue weighted by atomic mass is 32.2. The lowest BCUT2D eigenvalue weighted by Crippen LogP contribution is -2.41. The predicted octanol–water partition coefficient (Wildman–Crippen LogP) is 3.14. The number of benzene rings is 2. The Hall–Kier alpha value is -2.38. The van der Waals surface area contributed by atoms with Gasteiger partial charge >= 0.3 is 5.97 Å². The summed E-state index contributed by atoms with van der Waals surface area (Å²) in [6, 6.07) is 12.6. The van der Waals surface area contributed by atoms with E-state index in [2.05, 4.69) is 4.72 Å². The first-order valence-corrected chi connectivity index (χ1v) is 9.71. The van der Waals surface area contributed by atoms with Crippen molar-refractivity contribution in [2.75, 3.05) is 7.11 Å². The highest BCUT2D eigenvalue weighted by Gasteiger charge is 2.26. The molecule has 0 aliphatic heterocycles. The minimum absolute atomic E-state index is 0.0322. The Morgan fingerprint density at radius 3 is 1.96 bits per heavy atom. The molecule has 0 amide bonds. The number of nitrogens with one attached hydrogen (secondary N) is 1. The third-order valence-corrected chi connectivity index (χ3v) is 5.38. The van der Waals surface area contributed by atoms with Crippen LogP contribution in [0, 0.1) is 5.92 Å². The monoisotopic (exact) mass is 377 g/mol. The molecule has 140 valence electrons. The number of carbonyl (C=O) groups is 1. The summed E-state index contributed by atoms with van der Waals surface area (Å²) in [6.07, 6.45) is 0.221. The zero-order valence-corrected chi connectivity index (χ0v) is 15.8. The van der Waals surface area contributed by atoms with E-state index in [0.717, 1.165) is 16.9 Å². The summed E-state index contributed by atoms with van der Waals surface area (Å²) in [5, 5.41) is 9.23. The number of carboxylic acid groups (broad SMARTS) is 1. The fraction of sp³-hybridized carbons (Fsp3) is 0.316. The van der Waals surface area contributed by atoms with Crippen molar-refractivity contribution < 1.29 is 23.1 Å². The van der Waals surface area contributed by atoms with Gasteiger partial charge in [-0.2, -0.15) is 4.72 Å². The average molecular weight is 377 g/mol. The third kappa shape index (κ3) is 5.06. The molecule has 0 fully saturated rings. The molecule has 0 unspecified atom stereocenters. The van der Waals surface area contributed by atoms with Crippen molar-refractivity contribution in [2.24, 2.45) is 5.92 Å². The highest BCUT2D eigenvalue weighted by molar-refractivity contribution is 7.89. The van der Waals surface area contributed by atoms with Crippen LogP contribution in [-0.4, -0.2) is 32.6 Å². The molecular weight excluding hydrogens is 354 g/mol. The van der Waals surface area contributed by atoms with Crippen molar-refractivity contribution in [2.45, 2.75) is 31.2 Å². The smallest absolute Gasteiger partial charge is 0.321 e. The van der Waals surface area contributed by atoms with Crippen LogP contribution in [0.15, 0.2) is 53.4 Å². The normalized spacial score (nSPS) is 12.8. The van der Waals surface area contributed by atoms with Gasteiger partial charge in [0.05, 0.1) is 12.0 Å². The van der Waals surface area contributed by atoms with Crippen LogP contribution in [0.5, 0.6) is 5.75 Å². The van der Waals surface area contributed by atoms with E-state index in [0.29, 0.717) is 0 Å². The Kier molecular flexibility index (Phi) is 6.39. The lowest BCUT2D eigenvalue weighted by molar-refractivity contribution is -0.139. The van der Waals surface area contributed by atoms with Crippen LogP contribution in [0.4, 0.5) is 0 Å². The van der Waals surface area contributed by atoms with Crippen molar-refractivity contribution in [3.05, 3.63) is 48.5 Å². The van der Waals surface area contributed by atoms with Crippen LogP contribution in [0.3, 0.4) is 0 Å². The molecule has 0 heterocycles. The largest absolute Gasteiger partial charge is 0.497 e. The van der Waals surface area contributed by atoms with E-state index in [1.807, 2.05) is 38.1 Å². The standard InChI is InChI=1S/C19H23NO5S/c1-13(2)12-18(19(21)22)20-26(23,24)17-10-6-15(7-11-17)14-4-8-16(25-3)9-5-14/h4-11,13,18,20H,12H2,1-3H3,(H,21,22)/t18-/m0/s1. The highest BCUT2D eigenvalue weighted by Crippen LogP contribution is 2.24. The van der Waals surface area contributed by atoms with Gasteiger partial charge in [-0.25, -0.2) is 8.42 Å². The van der Waals surface area contributed by atoms with E-state index >= 15 is 0 Å². The summed E-state index contributed by atoms with van der Waals surface area (Å²) in [6.45, 7) is 3.68. The van der Waals surface area contributed by atoms with E-state index < -0.39 is 22.0 Å². The number of rotatable bonds is 8. The van der Waals surface area contributed by atoms with Gasteiger partial charge in [-0.1, -0.05) is 38.1 Å². The molecule has 0 spiro atoms. The van der Waals surface area contributed by atoms with Crippen LogP contribution in [0.1, 0.15) is 20.3 Å². The van der Waals surface area contributed by atoms with E-state index in [-0.39, 0.29) is 17.2 Å². The molecule has 0 bridgehead atoms. The van der Waals surface area contributed by atoms with Crippen molar-refractivity contribution in [3.63, 3.8) is 0 Å². The van der Waals surface area contributed by atoms with Crippen LogP contribution < -0.4 is 9.46 Å². The molecule has 2 aromatic rings. The molecule has 2 rings (SSSR count). The average Bonchev–Trinajstić information content (AvgIpc) is 2.61. The molecule has 0 radical (unpaired) electrons. The maximum atomic E-state index is 12.5. The van der Waals surface area contributed by atoms with E-state index in [9.17, 15) is 18.3 Å². The van der Waals surface area contributed by atoms with Gasteiger partial charge < -0.3 is 9.84 Å². The Morgan fingerprint density at radius 2 is 1.54 bits per heavy atom. The minimum atomic E-state index is -3.91. The third-order valence-electron chi connectivity index (χ3n) is 3.89. The van der Waals surface area contributed by atoms with E-state index in [1.54, 1.807) is 19.2 Å². The maximum Gasteiger partial charge on any atom is 0.321 e. The molecule has 26 heavy (non-hydrogen) atoms. The van der Waals surface area contributed by atoms with Gasteiger partial charge in [-0.05, 0) is 47.7 Å². The Balaban J connectivity index is 2.20. The van der Waals surface area contributed by atoms with Crippen molar-refractivity contribution in [1.82, 2.24) is 4.72 Å². The lowest BCUT2D eigenvalue weighted by atomic mass is 10.1. The Labute approximate surface area is 153 Å².